The SMILES string of the molecule is COc1cccc(CC(=O)N2CCCCC2CBr)c1. The number of likely N-dealkylation sites (tertiary alicyclic amines) is 1. The number of ether oxygens (including phenoxy) is 1. The number of carbonyl (C=O) groups excluding carboxylic acids is 1. The van der Waals surface area contributed by atoms with Crippen molar-refractivity contribution >= 4 is 21.8 Å². The monoisotopic (exact) mass is 325 g/mol. The largest absolute Gasteiger partial charge is 0.497 e. The summed E-state index contributed by atoms with van der Waals surface area (Å²) in [7, 11) is 1.65. The Labute approximate surface area is 123 Å². The van der Waals surface area contributed by atoms with Crippen molar-refractivity contribution in [1.29, 1.82) is 0 Å². The number of methoxy groups -OCH3 is 1. The summed E-state index contributed by atoms with van der Waals surface area (Å²) in [6.07, 6.45) is 3.91. The summed E-state index contributed by atoms with van der Waals surface area (Å²) in [4.78, 5) is 14.4. The second-order valence-corrected chi connectivity index (χ2v) is 5.57. The highest BCUT2D eigenvalue weighted by Crippen LogP contribution is 2.20. The zero-order chi connectivity index (χ0) is 13.7. The second-order valence-electron chi connectivity index (χ2n) is 4.92. The molecule has 0 spiro atoms. The third-order valence-electron chi connectivity index (χ3n) is 3.62. The first-order valence-corrected chi connectivity index (χ1v) is 7.85. The van der Waals surface area contributed by atoms with Gasteiger partial charge in [0.2, 0.25) is 5.91 Å². The number of benzene rings is 1. The average Bonchev–Trinajstić information content (AvgIpc) is 2.47. The molecular formula is C15H20BrNO2. The van der Waals surface area contributed by atoms with Gasteiger partial charge in [-0.25, -0.2) is 0 Å². The highest BCUT2D eigenvalue weighted by atomic mass is 79.9. The van der Waals surface area contributed by atoms with E-state index in [2.05, 4.69) is 15.9 Å². The molecule has 1 saturated heterocycles. The Morgan fingerprint density at radius 3 is 3.05 bits per heavy atom. The van der Waals surface area contributed by atoms with Gasteiger partial charge in [0.15, 0.2) is 0 Å². The van der Waals surface area contributed by atoms with Crippen molar-refractivity contribution < 1.29 is 9.53 Å². The van der Waals surface area contributed by atoms with E-state index in [1.165, 1.54) is 6.42 Å². The van der Waals surface area contributed by atoms with Crippen LogP contribution in [-0.4, -0.2) is 35.8 Å². The topological polar surface area (TPSA) is 29.5 Å². The van der Waals surface area contributed by atoms with Gasteiger partial charge in [-0.15, -0.1) is 0 Å². The molecule has 104 valence electrons. The molecule has 1 aliphatic heterocycles. The van der Waals surface area contributed by atoms with Crippen LogP contribution in [0.5, 0.6) is 5.75 Å². The first-order valence-electron chi connectivity index (χ1n) is 6.73. The van der Waals surface area contributed by atoms with Crippen LogP contribution in [0.2, 0.25) is 0 Å². The fraction of sp³-hybridized carbons (Fsp3) is 0.533. The highest BCUT2D eigenvalue weighted by molar-refractivity contribution is 9.09. The van der Waals surface area contributed by atoms with Crippen molar-refractivity contribution in [1.82, 2.24) is 4.90 Å². The van der Waals surface area contributed by atoms with Crippen LogP contribution in [0.15, 0.2) is 24.3 Å². The van der Waals surface area contributed by atoms with Crippen LogP contribution >= 0.6 is 15.9 Å². The molecule has 1 heterocycles. The number of rotatable bonds is 4. The van der Waals surface area contributed by atoms with Crippen molar-refractivity contribution in [2.24, 2.45) is 0 Å². The van der Waals surface area contributed by atoms with Crippen LogP contribution in [0.3, 0.4) is 0 Å². The zero-order valence-corrected chi connectivity index (χ0v) is 12.9. The summed E-state index contributed by atoms with van der Waals surface area (Å²) in [5.74, 6) is 1.03. The summed E-state index contributed by atoms with van der Waals surface area (Å²) in [5, 5.41) is 0.872. The molecule has 0 saturated carbocycles. The van der Waals surface area contributed by atoms with Crippen molar-refractivity contribution in [2.75, 3.05) is 19.0 Å². The van der Waals surface area contributed by atoms with Crippen LogP contribution in [0.4, 0.5) is 0 Å². The molecule has 0 aliphatic carbocycles. The summed E-state index contributed by atoms with van der Waals surface area (Å²) in [5.41, 5.74) is 1.02. The van der Waals surface area contributed by atoms with E-state index >= 15 is 0 Å². The van der Waals surface area contributed by atoms with Crippen LogP contribution in [0, 0.1) is 0 Å². The Kier molecular flexibility index (Phi) is 5.25. The first-order chi connectivity index (χ1) is 9.24. The van der Waals surface area contributed by atoms with Gasteiger partial charge in [0.25, 0.3) is 0 Å². The average molecular weight is 326 g/mol. The number of carbonyl (C=O) groups is 1. The van der Waals surface area contributed by atoms with E-state index in [4.69, 9.17) is 4.74 Å². The predicted molar refractivity (Wildman–Crippen MR) is 79.8 cm³/mol. The van der Waals surface area contributed by atoms with E-state index in [-0.39, 0.29) is 5.91 Å². The first kappa shape index (κ1) is 14.4. The minimum Gasteiger partial charge on any atom is -0.497 e. The maximum absolute atomic E-state index is 12.4. The van der Waals surface area contributed by atoms with Gasteiger partial charge in [-0.05, 0) is 37.0 Å². The summed E-state index contributed by atoms with van der Waals surface area (Å²) < 4.78 is 5.19. The normalized spacial score (nSPS) is 19.3. The van der Waals surface area contributed by atoms with E-state index in [0.717, 1.165) is 36.0 Å². The van der Waals surface area contributed by atoms with Gasteiger partial charge in [0.05, 0.1) is 13.5 Å². The number of hydrogen-bond acceptors (Lipinski definition) is 2. The molecule has 0 radical (unpaired) electrons. The molecule has 1 aliphatic rings. The second kappa shape index (κ2) is 6.94. The molecule has 3 nitrogen and oxygen atoms in total. The fourth-order valence-electron chi connectivity index (χ4n) is 2.55. The molecule has 19 heavy (non-hydrogen) atoms. The predicted octanol–water partition coefficient (Wildman–Crippen LogP) is 3.01. The van der Waals surface area contributed by atoms with E-state index in [1.807, 2.05) is 29.2 Å². The van der Waals surface area contributed by atoms with Crippen molar-refractivity contribution in [3.8, 4) is 5.75 Å². The molecule has 4 heteroatoms. The Balaban J connectivity index is 2.02. The quantitative estimate of drug-likeness (QED) is 0.796. The van der Waals surface area contributed by atoms with Crippen LogP contribution in [0.1, 0.15) is 24.8 Å². The molecule has 1 aromatic rings. The van der Waals surface area contributed by atoms with Gasteiger partial charge in [-0.1, -0.05) is 28.1 Å². The molecule has 1 aromatic carbocycles. The van der Waals surface area contributed by atoms with Gasteiger partial charge >= 0.3 is 0 Å². The fourth-order valence-corrected chi connectivity index (χ4v) is 3.22. The van der Waals surface area contributed by atoms with E-state index < -0.39 is 0 Å². The van der Waals surface area contributed by atoms with E-state index in [9.17, 15) is 4.79 Å². The number of alkyl halides is 1. The van der Waals surface area contributed by atoms with Crippen LogP contribution in [0.25, 0.3) is 0 Å². The molecule has 1 amide bonds. The maximum atomic E-state index is 12.4. The number of piperidine rings is 1. The standard InChI is InChI=1S/C15H20BrNO2/c1-19-14-7-4-5-12(9-14)10-15(18)17-8-3-2-6-13(17)11-16/h4-5,7,9,13H,2-3,6,8,10-11H2,1H3. The molecule has 0 bridgehead atoms. The third kappa shape index (κ3) is 3.72. The number of halogens is 1. The number of amides is 1. The Hall–Kier alpha value is -1.03. The number of hydrogen-bond donors (Lipinski definition) is 0. The summed E-state index contributed by atoms with van der Waals surface area (Å²) in [6, 6.07) is 8.10. The lowest BCUT2D eigenvalue weighted by Gasteiger charge is -2.34. The maximum Gasteiger partial charge on any atom is 0.227 e. The number of nitrogens with zero attached hydrogens (tertiary/aromatic N) is 1. The molecular weight excluding hydrogens is 306 g/mol. The van der Waals surface area contributed by atoms with Gasteiger partial charge in [0, 0.05) is 17.9 Å². The lowest BCUT2D eigenvalue weighted by atomic mass is 10.0. The molecule has 1 atom stereocenters. The van der Waals surface area contributed by atoms with Crippen molar-refractivity contribution in [3.05, 3.63) is 29.8 Å². The summed E-state index contributed by atoms with van der Waals surface area (Å²) >= 11 is 3.51. The van der Waals surface area contributed by atoms with Gasteiger partial charge in [0.1, 0.15) is 5.75 Å². The lowest BCUT2D eigenvalue weighted by molar-refractivity contribution is -0.133. The third-order valence-corrected chi connectivity index (χ3v) is 4.36. The molecule has 1 fully saturated rings. The Morgan fingerprint density at radius 2 is 2.32 bits per heavy atom. The van der Waals surface area contributed by atoms with Crippen molar-refractivity contribution in [3.63, 3.8) is 0 Å². The Bertz CT molecular complexity index is 436. The molecule has 2 rings (SSSR count). The highest BCUT2D eigenvalue weighted by Gasteiger charge is 2.25. The molecule has 0 aromatic heterocycles. The lowest BCUT2D eigenvalue weighted by Crippen LogP contribution is -2.45. The van der Waals surface area contributed by atoms with Crippen molar-refractivity contribution in [2.45, 2.75) is 31.7 Å². The van der Waals surface area contributed by atoms with Gasteiger partial charge in [-0.3, -0.25) is 4.79 Å². The van der Waals surface area contributed by atoms with E-state index in [0.29, 0.717) is 12.5 Å². The summed E-state index contributed by atoms with van der Waals surface area (Å²) in [6.45, 7) is 0.888. The van der Waals surface area contributed by atoms with E-state index in [1.54, 1.807) is 7.11 Å². The Morgan fingerprint density at radius 1 is 1.47 bits per heavy atom. The zero-order valence-electron chi connectivity index (χ0n) is 11.3. The molecule has 1 unspecified atom stereocenters. The van der Waals surface area contributed by atoms with Gasteiger partial charge < -0.3 is 9.64 Å². The minimum absolute atomic E-state index is 0.220. The van der Waals surface area contributed by atoms with Crippen LogP contribution in [-0.2, 0) is 11.2 Å². The minimum atomic E-state index is 0.220. The smallest absolute Gasteiger partial charge is 0.227 e. The molecule has 0 N–H and O–H groups in total. The van der Waals surface area contributed by atoms with Gasteiger partial charge in [-0.2, -0.15) is 0 Å². The van der Waals surface area contributed by atoms with Crippen LogP contribution < -0.4 is 4.74 Å².